The Morgan fingerprint density at radius 1 is 1.06 bits per heavy atom. The van der Waals surface area contributed by atoms with Gasteiger partial charge in [0, 0.05) is 48.4 Å². The Kier molecular flexibility index (Phi) is 7.51. The SMILES string of the molecule is O=C(CCCc1cccs1)Nc1cccc(C(=O)NCc2ccc(N3CCCC3)nc2)c1. The molecule has 2 N–H and O–H groups in total. The summed E-state index contributed by atoms with van der Waals surface area (Å²) in [4.78, 5) is 32.9. The van der Waals surface area contributed by atoms with Gasteiger partial charge in [-0.25, -0.2) is 4.98 Å². The summed E-state index contributed by atoms with van der Waals surface area (Å²) in [5.74, 6) is 0.780. The molecule has 3 heterocycles. The van der Waals surface area contributed by atoms with Gasteiger partial charge in [0.2, 0.25) is 5.91 Å². The van der Waals surface area contributed by atoms with Crippen LogP contribution in [0.15, 0.2) is 60.1 Å². The molecule has 1 aliphatic rings. The molecular weight excluding hydrogens is 420 g/mol. The zero-order valence-electron chi connectivity index (χ0n) is 18.0. The van der Waals surface area contributed by atoms with Crippen LogP contribution in [0.3, 0.4) is 0 Å². The molecule has 0 radical (unpaired) electrons. The van der Waals surface area contributed by atoms with Crippen LogP contribution < -0.4 is 15.5 Å². The van der Waals surface area contributed by atoms with Crippen molar-refractivity contribution in [3.63, 3.8) is 0 Å². The van der Waals surface area contributed by atoms with Crippen molar-refractivity contribution in [3.8, 4) is 0 Å². The fourth-order valence-electron chi connectivity index (χ4n) is 3.78. The summed E-state index contributed by atoms with van der Waals surface area (Å²) in [6.45, 7) is 2.53. The normalized spacial score (nSPS) is 13.2. The van der Waals surface area contributed by atoms with Crippen LogP contribution in [0, 0.1) is 0 Å². The van der Waals surface area contributed by atoms with E-state index in [-0.39, 0.29) is 11.8 Å². The number of pyridine rings is 1. The second kappa shape index (κ2) is 10.9. The first kappa shape index (κ1) is 22.0. The second-order valence-electron chi connectivity index (χ2n) is 7.96. The number of amides is 2. The monoisotopic (exact) mass is 448 g/mol. The van der Waals surface area contributed by atoms with E-state index in [1.165, 1.54) is 17.7 Å². The maximum absolute atomic E-state index is 12.6. The fraction of sp³-hybridized carbons (Fsp3) is 0.320. The Morgan fingerprint density at radius 3 is 2.69 bits per heavy atom. The first-order chi connectivity index (χ1) is 15.7. The van der Waals surface area contributed by atoms with E-state index in [0.29, 0.717) is 24.2 Å². The van der Waals surface area contributed by atoms with E-state index in [4.69, 9.17) is 0 Å². The molecule has 1 aromatic carbocycles. The third-order valence-electron chi connectivity index (χ3n) is 5.51. The van der Waals surface area contributed by atoms with Crippen LogP contribution in [0.1, 0.15) is 46.5 Å². The smallest absolute Gasteiger partial charge is 0.251 e. The third kappa shape index (κ3) is 6.17. The number of anilines is 2. The van der Waals surface area contributed by atoms with Gasteiger partial charge in [0.05, 0.1) is 0 Å². The molecule has 1 aliphatic heterocycles. The Balaban J connectivity index is 1.24. The standard InChI is InChI=1S/C25H28N4O2S/c30-24(10-4-8-22-9-5-15-32-22)28-21-7-3-6-20(16-21)25(31)27-18-19-11-12-23(26-17-19)29-13-1-2-14-29/h3,5-7,9,11-12,15-17H,1-2,4,8,10,13-14,18H2,(H,27,31)(H,28,30). The quantitative estimate of drug-likeness (QED) is 0.500. The fourth-order valence-corrected chi connectivity index (χ4v) is 4.53. The molecule has 0 bridgehead atoms. The molecule has 6 nitrogen and oxygen atoms in total. The zero-order chi connectivity index (χ0) is 22.2. The number of hydrogen-bond acceptors (Lipinski definition) is 5. The molecule has 3 aromatic rings. The van der Waals surface area contributed by atoms with Gasteiger partial charge in [-0.05, 0) is 67.0 Å². The van der Waals surface area contributed by atoms with Gasteiger partial charge in [0.1, 0.15) is 5.82 Å². The lowest BCUT2D eigenvalue weighted by Crippen LogP contribution is -2.23. The number of aryl methyl sites for hydroxylation is 1. The second-order valence-corrected chi connectivity index (χ2v) is 9.00. The average molecular weight is 449 g/mol. The average Bonchev–Trinajstić information content (AvgIpc) is 3.53. The van der Waals surface area contributed by atoms with E-state index in [1.807, 2.05) is 29.8 Å². The summed E-state index contributed by atoms with van der Waals surface area (Å²) in [6.07, 6.45) is 6.41. The van der Waals surface area contributed by atoms with Crippen molar-refractivity contribution in [1.29, 1.82) is 0 Å². The van der Waals surface area contributed by atoms with Crippen molar-refractivity contribution in [2.45, 2.75) is 38.6 Å². The molecule has 2 amide bonds. The Labute approximate surface area is 192 Å². The van der Waals surface area contributed by atoms with Crippen molar-refractivity contribution in [3.05, 3.63) is 76.1 Å². The molecule has 4 rings (SSSR count). The molecule has 0 spiro atoms. The van der Waals surface area contributed by atoms with Crippen molar-refractivity contribution < 1.29 is 9.59 Å². The van der Waals surface area contributed by atoms with Crippen molar-refractivity contribution in [2.75, 3.05) is 23.3 Å². The summed E-state index contributed by atoms with van der Waals surface area (Å²) >= 11 is 1.71. The van der Waals surface area contributed by atoms with E-state index in [0.717, 1.165) is 37.3 Å². The number of thiophene rings is 1. The van der Waals surface area contributed by atoms with Crippen LogP contribution in [0.5, 0.6) is 0 Å². The van der Waals surface area contributed by atoms with Crippen LogP contribution in [0.25, 0.3) is 0 Å². The van der Waals surface area contributed by atoms with Crippen molar-refractivity contribution in [2.24, 2.45) is 0 Å². The molecule has 32 heavy (non-hydrogen) atoms. The van der Waals surface area contributed by atoms with Gasteiger partial charge in [0.25, 0.3) is 5.91 Å². The van der Waals surface area contributed by atoms with Gasteiger partial charge >= 0.3 is 0 Å². The minimum absolute atomic E-state index is 0.0386. The van der Waals surface area contributed by atoms with Crippen LogP contribution in [0.2, 0.25) is 0 Å². The number of carbonyl (C=O) groups is 2. The first-order valence-electron chi connectivity index (χ1n) is 11.1. The number of nitrogens with one attached hydrogen (secondary N) is 2. The molecule has 0 atom stereocenters. The maximum Gasteiger partial charge on any atom is 0.251 e. The van der Waals surface area contributed by atoms with Crippen LogP contribution in [-0.2, 0) is 17.8 Å². The summed E-state index contributed by atoms with van der Waals surface area (Å²) in [7, 11) is 0. The molecule has 7 heteroatoms. The van der Waals surface area contributed by atoms with Gasteiger partial charge in [-0.2, -0.15) is 0 Å². The number of rotatable bonds is 9. The Hall–Kier alpha value is -3.19. The number of carbonyl (C=O) groups excluding carboxylic acids is 2. The van der Waals surface area contributed by atoms with Crippen molar-refractivity contribution in [1.82, 2.24) is 10.3 Å². The van der Waals surface area contributed by atoms with Crippen LogP contribution in [-0.4, -0.2) is 29.9 Å². The van der Waals surface area contributed by atoms with E-state index < -0.39 is 0 Å². The minimum Gasteiger partial charge on any atom is -0.357 e. The molecular formula is C25H28N4O2S. The van der Waals surface area contributed by atoms with Gasteiger partial charge in [0.15, 0.2) is 0 Å². The zero-order valence-corrected chi connectivity index (χ0v) is 18.9. The highest BCUT2D eigenvalue weighted by Gasteiger charge is 2.13. The predicted octanol–water partition coefficient (Wildman–Crippen LogP) is 4.63. The van der Waals surface area contributed by atoms with Crippen LogP contribution in [0.4, 0.5) is 11.5 Å². The predicted molar refractivity (Wildman–Crippen MR) is 129 cm³/mol. The van der Waals surface area contributed by atoms with Crippen molar-refractivity contribution >= 4 is 34.7 Å². The lowest BCUT2D eigenvalue weighted by molar-refractivity contribution is -0.116. The Bertz CT molecular complexity index is 1030. The van der Waals surface area contributed by atoms with Gasteiger partial charge in [-0.15, -0.1) is 11.3 Å². The van der Waals surface area contributed by atoms with Crippen LogP contribution >= 0.6 is 11.3 Å². The highest BCUT2D eigenvalue weighted by atomic mass is 32.1. The molecule has 0 aliphatic carbocycles. The number of nitrogens with zero attached hydrogens (tertiary/aromatic N) is 2. The largest absolute Gasteiger partial charge is 0.357 e. The van der Waals surface area contributed by atoms with E-state index >= 15 is 0 Å². The minimum atomic E-state index is -0.178. The number of hydrogen-bond donors (Lipinski definition) is 2. The maximum atomic E-state index is 12.6. The highest BCUT2D eigenvalue weighted by molar-refractivity contribution is 7.09. The number of benzene rings is 1. The highest BCUT2D eigenvalue weighted by Crippen LogP contribution is 2.18. The Morgan fingerprint density at radius 2 is 1.94 bits per heavy atom. The topological polar surface area (TPSA) is 74.3 Å². The van der Waals surface area contributed by atoms with Gasteiger partial charge in [-0.1, -0.05) is 18.2 Å². The summed E-state index contributed by atoms with van der Waals surface area (Å²) < 4.78 is 0. The van der Waals surface area contributed by atoms with E-state index in [9.17, 15) is 9.59 Å². The third-order valence-corrected chi connectivity index (χ3v) is 6.44. The summed E-state index contributed by atoms with van der Waals surface area (Å²) in [5, 5.41) is 7.87. The summed E-state index contributed by atoms with van der Waals surface area (Å²) in [5.41, 5.74) is 2.11. The lowest BCUT2D eigenvalue weighted by Gasteiger charge is -2.16. The first-order valence-corrected chi connectivity index (χ1v) is 12.0. The summed E-state index contributed by atoms with van der Waals surface area (Å²) in [6, 6.07) is 15.2. The molecule has 166 valence electrons. The molecule has 2 aromatic heterocycles. The van der Waals surface area contributed by atoms with Gasteiger partial charge < -0.3 is 15.5 Å². The molecule has 0 unspecified atom stereocenters. The number of aromatic nitrogens is 1. The molecule has 0 saturated carbocycles. The van der Waals surface area contributed by atoms with E-state index in [2.05, 4.69) is 26.6 Å². The molecule has 1 fully saturated rings. The van der Waals surface area contributed by atoms with E-state index in [1.54, 1.807) is 35.6 Å². The van der Waals surface area contributed by atoms with Gasteiger partial charge in [-0.3, -0.25) is 9.59 Å². The molecule has 1 saturated heterocycles. The lowest BCUT2D eigenvalue weighted by atomic mass is 10.1.